The summed E-state index contributed by atoms with van der Waals surface area (Å²) in [5.74, 6) is 1.16. The lowest BCUT2D eigenvalue weighted by Gasteiger charge is -2.20. The summed E-state index contributed by atoms with van der Waals surface area (Å²) < 4.78 is 10.7. The first kappa shape index (κ1) is 22.2. The third-order valence-electron chi connectivity index (χ3n) is 4.93. The van der Waals surface area contributed by atoms with Crippen LogP contribution < -0.4 is 20.5 Å². The molecule has 1 aromatic rings. The molecule has 0 aliphatic carbocycles. The Hall–Kier alpha value is -2.12. The molecule has 7 heteroatoms. The Morgan fingerprint density at radius 2 is 2.14 bits per heavy atom. The minimum Gasteiger partial charge on any atom is -0.497 e. The summed E-state index contributed by atoms with van der Waals surface area (Å²) in [6.07, 6.45) is 3.35. The first-order valence-corrected chi connectivity index (χ1v) is 10.2. The summed E-state index contributed by atoms with van der Waals surface area (Å²) in [5, 5.41) is 3.00. The third kappa shape index (κ3) is 5.69. The van der Waals surface area contributed by atoms with Crippen molar-refractivity contribution in [1.82, 2.24) is 10.2 Å². The van der Waals surface area contributed by atoms with Gasteiger partial charge in [0.25, 0.3) is 5.91 Å². The molecule has 1 aromatic carbocycles. The molecule has 0 spiro atoms. The Kier molecular flexibility index (Phi) is 8.26. The Balaban J connectivity index is 2.01. The normalized spacial score (nSPS) is 17.8. The van der Waals surface area contributed by atoms with Crippen LogP contribution in [0.1, 0.15) is 31.7 Å². The van der Waals surface area contributed by atoms with Gasteiger partial charge in [-0.1, -0.05) is 18.3 Å². The lowest BCUT2D eigenvalue weighted by molar-refractivity contribution is -0.116. The number of allylic oxidation sites excluding steroid dienone is 1. The monoisotopic (exact) mass is 405 g/mol. The van der Waals surface area contributed by atoms with Crippen LogP contribution >= 0.6 is 11.8 Å². The number of carbonyl (C=O) groups is 1. The van der Waals surface area contributed by atoms with Gasteiger partial charge < -0.3 is 25.4 Å². The number of rotatable bonds is 9. The van der Waals surface area contributed by atoms with Gasteiger partial charge >= 0.3 is 0 Å². The Bertz CT molecular complexity index is 744. The van der Waals surface area contributed by atoms with Crippen LogP contribution in [0.4, 0.5) is 0 Å². The van der Waals surface area contributed by atoms with Crippen molar-refractivity contribution in [2.75, 3.05) is 34.4 Å². The number of nitrogens with two attached hydrogens (primary N) is 1. The van der Waals surface area contributed by atoms with Crippen LogP contribution in [0.5, 0.6) is 11.5 Å². The fraction of sp³-hybridized carbons (Fsp3) is 0.476. The van der Waals surface area contributed by atoms with Crippen molar-refractivity contribution in [1.29, 1.82) is 0 Å². The van der Waals surface area contributed by atoms with E-state index in [-0.39, 0.29) is 5.91 Å². The molecule has 1 amide bonds. The smallest absolute Gasteiger partial charge is 0.259 e. The molecule has 1 aliphatic rings. The molecule has 1 unspecified atom stereocenters. The number of hydrogen-bond donors (Lipinski definition) is 2. The van der Waals surface area contributed by atoms with Gasteiger partial charge in [-0.3, -0.25) is 4.79 Å². The molecule has 6 nitrogen and oxygen atoms in total. The van der Waals surface area contributed by atoms with Crippen LogP contribution in [0.3, 0.4) is 0 Å². The van der Waals surface area contributed by atoms with Crippen molar-refractivity contribution in [3.63, 3.8) is 0 Å². The van der Waals surface area contributed by atoms with E-state index in [9.17, 15) is 4.79 Å². The SMILES string of the molecule is C=C(S/C(C(=O)NCCC1CCCN1C)=C(/C)N)c1ccc(OC)cc1OC. The molecule has 3 N–H and O–H groups in total. The standard InChI is InChI=1S/C21H31N3O3S/c1-14(22)20(21(25)23-11-10-16-7-6-12-24(16)3)28-15(2)18-9-8-17(26-4)13-19(18)27-5/h8-9,13,16H,2,6-7,10-12,22H2,1,3-5H3,(H,23,25)/b20-14-. The number of nitrogens with zero attached hydrogens (tertiary/aromatic N) is 1. The molecule has 1 aliphatic heterocycles. The molecule has 0 saturated carbocycles. The maximum Gasteiger partial charge on any atom is 0.259 e. The second-order valence-corrected chi connectivity index (χ2v) is 8.03. The maximum absolute atomic E-state index is 12.7. The van der Waals surface area contributed by atoms with E-state index in [0.717, 1.165) is 18.5 Å². The molecular weight excluding hydrogens is 374 g/mol. The zero-order valence-electron chi connectivity index (χ0n) is 17.2. The molecule has 154 valence electrons. The fourth-order valence-corrected chi connectivity index (χ4v) is 4.14. The van der Waals surface area contributed by atoms with Crippen molar-refractivity contribution >= 4 is 22.6 Å². The van der Waals surface area contributed by atoms with E-state index < -0.39 is 0 Å². The van der Waals surface area contributed by atoms with Crippen molar-refractivity contribution < 1.29 is 14.3 Å². The minimum atomic E-state index is -0.167. The van der Waals surface area contributed by atoms with Crippen LogP contribution in [-0.4, -0.2) is 51.2 Å². The van der Waals surface area contributed by atoms with Crippen LogP contribution in [-0.2, 0) is 4.79 Å². The summed E-state index contributed by atoms with van der Waals surface area (Å²) in [6, 6.07) is 6.03. The van der Waals surface area contributed by atoms with Crippen LogP contribution in [0, 0.1) is 0 Å². The highest BCUT2D eigenvalue weighted by Gasteiger charge is 2.21. The summed E-state index contributed by atoms with van der Waals surface area (Å²) >= 11 is 1.26. The first-order valence-electron chi connectivity index (χ1n) is 9.41. The lowest BCUT2D eigenvalue weighted by atomic mass is 10.1. The zero-order valence-corrected chi connectivity index (χ0v) is 18.0. The molecular formula is C21H31N3O3S. The number of likely N-dealkylation sites (tertiary alicyclic amines) is 1. The van der Waals surface area contributed by atoms with Gasteiger partial charge in [0, 0.05) is 34.8 Å². The van der Waals surface area contributed by atoms with Crippen molar-refractivity contribution in [2.45, 2.75) is 32.2 Å². The quantitative estimate of drug-likeness (QED) is 0.615. The van der Waals surface area contributed by atoms with Gasteiger partial charge in [-0.2, -0.15) is 0 Å². The predicted octanol–water partition coefficient (Wildman–Crippen LogP) is 3.20. The molecule has 0 radical (unpaired) electrons. The van der Waals surface area contributed by atoms with E-state index in [1.165, 1.54) is 24.6 Å². The van der Waals surface area contributed by atoms with Crippen LogP contribution in [0.15, 0.2) is 35.4 Å². The third-order valence-corrected chi connectivity index (χ3v) is 6.11. The molecule has 1 heterocycles. The lowest BCUT2D eigenvalue weighted by Crippen LogP contribution is -2.32. The summed E-state index contributed by atoms with van der Waals surface area (Å²) in [5.41, 5.74) is 7.26. The predicted molar refractivity (Wildman–Crippen MR) is 116 cm³/mol. The Labute approximate surface area is 172 Å². The number of benzene rings is 1. The highest BCUT2D eigenvalue weighted by Crippen LogP contribution is 2.39. The number of methoxy groups -OCH3 is 2. The topological polar surface area (TPSA) is 76.8 Å². The minimum absolute atomic E-state index is 0.167. The van der Waals surface area contributed by atoms with Crippen molar-refractivity contribution in [3.8, 4) is 11.5 Å². The molecule has 1 atom stereocenters. The molecule has 1 saturated heterocycles. The van der Waals surface area contributed by atoms with Crippen molar-refractivity contribution in [2.24, 2.45) is 5.73 Å². The number of nitrogens with one attached hydrogen (secondary N) is 1. The van der Waals surface area contributed by atoms with E-state index in [1.54, 1.807) is 27.2 Å². The van der Waals surface area contributed by atoms with Gasteiger partial charge in [-0.05, 0) is 51.9 Å². The molecule has 2 rings (SSSR count). The zero-order chi connectivity index (χ0) is 20.7. The van der Waals surface area contributed by atoms with E-state index in [2.05, 4.69) is 23.8 Å². The highest BCUT2D eigenvalue weighted by atomic mass is 32.2. The first-order chi connectivity index (χ1) is 13.4. The summed E-state index contributed by atoms with van der Waals surface area (Å²) in [7, 11) is 5.33. The largest absolute Gasteiger partial charge is 0.497 e. The van der Waals surface area contributed by atoms with E-state index in [0.29, 0.717) is 39.6 Å². The number of amides is 1. The Morgan fingerprint density at radius 1 is 1.39 bits per heavy atom. The fourth-order valence-electron chi connectivity index (χ4n) is 3.29. The van der Waals surface area contributed by atoms with Crippen molar-refractivity contribution in [3.05, 3.63) is 40.9 Å². The molecule has 28 heavy (non-hydrogen) atoms. The molecule has 0 aromatic heterocycles. The highest BCUT2D eigenvalue weighted by molar-refractivity contribution is 8.12. The van der Waals surface area contributed by atoms with Gasteiger partial charge in [-0.25, -0.2) is 0 Å². The second-order valence-electron chi connectivity index (χ2n) is 6.92. The average Bonchev–Trinajstić information content (AvgIpc) is 3.09. The number of hydrogen-bond acceptors (Lipinski definition) is 6. The van der Waals surface area contributed by atoms with Gasteiger partial charge in [0.2, 0.25) is 0 Å². The van der Waals surface area contributed by atoms with Crippen LogP contribution in [0.2, 0.25) is 0 Å². The average molecular weight is 406 g/mol. The van der Waals surface area contributed by atoms with Gasteiger partial charge in [0.1, 0.15) is 11.5 Å². The van der Waals surface area contributed by atoms with Gasteiger partial charge in [0.15, 0.2) is 0 Å². The van der Waals surface area contributed by atoms with Gasteiger partial charge in [0.05, 0.1) is 19.1 Å². The Morgan fingerprint density at radius 3 is 2.71 bits per heavy atom. The van der Waals surface area contributed by atoms with Gasteiger partial charge in [-0.15, -0.1) is 0 Å². The molecule has 1 fully saturated rings. The van der Waals surface area contributed by atoms with E-state index in [1.807, 2.05) is 12.1 Å². The molecule has 0 bridgehead atoms. The summed E-state index contributed by atoms with van der Waals surface area (Å²) in [4.78, 5) is 16.2. The number of carbonyl (C=O) groups excluding carboxylic acids is 1. The maximum atomic E-state index is 12.7. The number of thioether (sulfide) groups is 1. The van der Waals surface area contributed by atoms with Crippen LogP contribution in [0.25, 0.3) is 4.91 Å². The van der Waals surface area contributed by atoms with E-state index in [4.69, 9.17) is 15.2 Å². The second kappa shape index (κ2) is 10.4. The summed E-state index contributed by atoms with van der Waals surface area (Å²) in [6.45, 7) is 7.60. The van der Waals surface area contributed by atoms with E-state index >= 15 is 0 Å². The number of ether oxygens (including phenoxy) is 2.